The molecule has 0 atom stereocenters. The van der Waals surface area contributed by atoms with Gasteiger partial charge in [-0.2, -0.15) is 0 Å². The molecule has 3 nitrogen and oxygen atoms in total. The standard InChI is InChI=1S/C8H9BrN2O.ClH/c1-12-7-3-2-5(9)4-6(7)8(10)11;/h2-4H,1H3,(H3,10,11);1H. The molecule has 0 saturated carbocycles. The van der Waals surface area contributed by atoms with Crippen LogP contribution >= 0.6 is 28.3 Å². The summed E-state index contributed by atoms with van der Waals surface area (Å²) >= 11 is 3.29. The first-order valence-corrected chi connectivity index (χ1v) is 4.12. The average Bonchev–Trinajstić information content (AvgIpc) is 2.04. The molecule has 0 amide bonds. The highest BCUT2D eigenvalue weighted by molar-refractivity contribution is 9.10. The number of halogens is 2. The van der Waals surface area contributed by atoms with Gasteiger partial charge in [0.05, 0.1) is 12.7 Å². The fraction of sp³-hybridized carbons (Fsp3) is 0.125. The normalized spacial score (nSPS) is 8.77. The summed E-state index contributed by atoms with van der Waals surface area (Å²) in [4.78, 5) is 0. The molecule has 0 bridgehead atoms. The first-order valence-electron chi connectivity index (χ1n) is 3.33. The Balaban J connectivity index is 0.00000144. The Bertz CT molecular complexity index is 317. The first kappa shape index (κ1) is 12.3. The van der Waals surface area contributed by atoms with Crippen LogP contribution in [0.25, 0.3) is 0 Å². The second-order valence-corrected chi connectivity index (χ2v) is 3.17. The number of methoxy groups -OCH3 is 1. The molecule has 0 radical (unpaired) electrons. The molecular formula is C8H10BrClN2O. The quantitative estimate of drug-likeness (QED) is 0.636. The van der Waals surface area contributed by atoms with Gasteiger partial charge in [0.1, 0.15) is 11.6 Å². The molecule has 0 heterocycles. The van der Waals surface area contributed by atoms with Crippen LogP contribution in [0.15, 0.2) is 22.7 Å². The van der Waals surface area contributed by atoms with Crippen LogP contribution in [0, 0.1) is 5.41 Å². The molecule has 0 saturated heterocycles. The minimum absolute atomic E-state index is 0. The van der Waals surface area contributed by atoms with E-state index in [2.05, 4.69) is 15.9 Å². The lowest BCUT2D eigenvalue weighted by molar-refractivity contribution is 0.414. The van der Waals surface area contributed by atoms with Gasteiger partial charge in [0, 0.05) is 4.47 Å². The van der Waals surface area contributed by atoms with Crippen LogP contribution < -0.4 is 10.5 Å². The van der Waals surface area contributed by atoms with Gasteiger partial charge in [-0.1, -0.05) is 15.9 Å². The Hall–Kier alpha value is -0.740. The van der Waals surface area contributed by atoms with Gasteiger partial charge in [0.25, 0.3) is 0 Å². The Kier molecular flexibility index (Phi) is 4.80. The largest absolute Gasteiger partial charge is 0.496 e. The van der Waals surface area contributed by atoms with E-state index < -0.39 is 0 Å². The van der Waals surface area contributed by atoms with E-state index in [4.69, 9.17) is 15.9 Å². The van der Waals surface area contributed by atoms with E-state index in [0.29, 0.717) is 11.3 Å². The third-order valence-electron chi connectivity index (χ3n) is 1.45. The van der Waals surface area contributed by atoms with Crippen LogP contribution in [0.1, 0.15) is 5.56 Å². The van der Waals surface area contributed by atoms with Crippen molar-refractivity contribution in [2.75, 3.05) is 7.11 Å². The highest BCUT2D eigenvalue weighted by Crippen LogP contribution is 2.21. The highest BCUT2D eigenvalue weighted by atomic mass is 79.9. The predicted octanol–water partition coefficient (Wildman–Crippen LogP) is 2.16. The van der Waals surface area contributed by atoms with Crippen molar-refractivity contribution in [1.82, 2.24) is 0 Å². The Morgan fingerprint density at radius 3 is 2.62 bits per heavy atom. The van der Waals surface area contributed by atoms with Crippen LogP contribution in [-0.2, 0) is 0 Å². The summed E-state index contributed by atoms with van der Waals surface area (Å²) < 4.78 is 5.90. The second-order valence-electron chi connectivity index (χ2n) is 2.26. The zero-order valence-electron chi connectivity index (χ0n) is 7.00. The number of benzene rings is 1. The van der Waals surface area contributed by atoms with Gasteiger partial charge in [-0.05, 0) is 18.2 Å². The maximum absolute atomic E-state index is 7.25. The van der Waals surface area contributed by atoms with Crippen LogP contribution in [0.4, 0.5) is 0 Å². The van der Waals surface area contributed by atoms with Gasteiger partial charge >= 0.3 is 0 Å². The van der Waals surface area contributed by atoms with Gasteiger partial charge in [-0.25, -0.2) is 0 Å². The maximum atomic E-state index is 7.25. The van der Waals surface area contributed by atoms with Gasteiger partial charge in [-0.3, -0.25) is 5.41 Å². The van der Waals surface area contributed by atoms with Crippen molar-refractivity contribution >= 4 is 34.2 Å². The van der Waals surface area contributed by atoms with Crippen LogP contribution in [0.2, 0.25) is 0 Å². The van der Waals surface area contributed by atoms with Gasteiger partial charge in [0.2, 0.25) is 0 Å². The zero-order valence-corrected chi connectivity index (χ0v) is 9.41. The Morgan fingerprint density at radius 2 is 2.15 bits per heavy atom. The molecule has 0 fully saturated rings. The fourth-order valence-corrected chi connectivity index (χ4v) is 1.25. The summed E-state index contributed by atoms with van der Waals surface area (Å²) in [6.07, 6.45) is 0. The number of hydrogen-bond acceptors (Lipinski definition) is 2. The number of nitrogens with two attached hydrogens (primary N) is 1. The number of amidine groups is 1. The molecule has 0 aliphatic carbocycles. The molecule has 1 rings (SSSR count). The minimum atomic E-state index is 0. The van der Waals surface area contributed by atoms with Gasteiger partial charge < -0.3 is 10.5 Å². The first-order chi connectivity index (χ1) is 5.65. The number of hydrogen-bond donors (Lipinski definition) is 2. The third kappa shape index (κ3) is 2.90. The van der Waals surface area contributed by atoms with Crippen molar-refractivity contribution in [3.63, 3.8) is 0 Å². The predicted molar refractivity (Wildman–Crippen MR) is 59.0 cm³/mol. The van der Waals surface area contributed by atoms with Crippen molar-refractivity contribution in [2.45, 2.75) is 0 Å². The molecular weight excluding hydrogens is 255 g/mol. The molecule has 0 aliphatic rings. The topological polar surface area (TPSA) is 59.1 Å². The van der Waals surface area contributed by atoms with E-state index in [1.54, 1.807) is 19.2 Å². The second kappa shape index (κ2) is 5.09. The molecule has 5 heteroatoms. The van der Waals surface area contributed by atoms with E-state index in [0.717, 1.165) is 4.47 Å². The molecule has 72 valence electrons. The van der Waals surface area contributed by atoms with Crippen molar-refractivity contribution in [1.29, 1.82) is 5.41 Å². The van der Waals surface area contributed by atoms with E-state index in [9.17, 15) is 0 Å². The lowest BCUT2D eigenvalue weighted by atomic mass is 10.2. The monoisotopic (exact) mass is 264 g/mol. The molecule has 0 spiro atoms. The van der Waals surface area contributed by atoms with Gasteiger partial charge in [0.15, 0.2) is 0 Å². The van der Waals surface area contributed by atoms with Crippen LogP contribution in [0.3, 0.4) is 0 Å². The van der Waals surface area contributed by atoms with Crippen LogP contribution in [-0.4, -0.2) is 12.9 Å². The van der Waals surface area contributed by atoms with Crippen molar-refractivity contribution in [3.05, 3.63) is 28.2 Å². The van der Waals surface area contributed by atoms with E-state index >= 15 is 0 Å². The molecule has 0 aliphatic heterocycles. The van der Waals surface area contributed by atoms with Gasteiger partial charge in [-0.15, -0.1) is 12.4 Å². The number of rotatable bonds is 2. The molecule has 1 aromatic carbocycles. The molecule has 0 unspecified atom stereocenters. The molecule has 1 aromatic rings. The summed E-state index contributed by atoms with van der Waals surface area (Å²) in [5.41, 5.74) is 5.95. The fourth-order valence-electron chi connectivity index (χ4n) is 0.891. The zero-order chi connectivity index (χ0) is 9.14. The average molecular weight is 266 g/mol. The van der Waals surface area contributed by atoms with E-state index in [1.807, 2.05) is 6.07 Å². The van der Waals surface area contributed by atoms with Crippen molar-refractivity contribution in [3.8, 4) is 5.75 Å². The lowest BCUT2D eigenvalue weighted by Gasteiger charge is -2.06. The lowest BCUT2D eigenvalue weighted by Crippen LogP contribution is -2.12. The van der Waals surface area contributed by atoms with Crippen LogP contribution in [0.5, 0.6) is 5.75 Å². The summed E-state index contributed by atoms with van der Waals surface area (Å²) in [5.74, 6) is 0.624. The number of ether oxygens (including phenoxy) is 1. The van der Waals surface area contributed by atoms with E-state index in [-0.39, 0.29) is 18.2 Å². The smallest absolute Gasteiger partial charge is 0.129 e. The summed E-state index contributed by atoms with van der Waals surface area (Å²) in [6.45, 7) is 0. The Labute approximate surface area is 91.3 Å². The minimum Gasteiger partial charge on any atom is -0.496 e. The summed E-state index contributed by atoms with van der Waals surface area (Å²) in [5, 5.41) is 7.25. The van der Waals surface area contributed by atoms with E-state index in [1.165, 1.54) is 0 Å². The van der Waals surface area contributed by atoms with Crippen molar-refractivity contribution < 1.29 is 4.74 Å². The third-order valence-corrected chi connectivity index (χ3v) is 1.94. The highest BCUT2D eigenvalue weighted by Gasteiger charge is 2.05. The molecule has 0 aromatic heterocycles. The SMILES string of the molecule is COc1ccc(Br)cc1C(=N)N.Cl. The summed E-state index contributed by atoms with van der Waals surface area (Å²) in [6, 6.07) is 5.35. The molecule has 13 heavy (non-hydrogen) atoms. The number of nitrogen functional groups attached to an aromatic ring is 1. The Morgan fingerprint density at radius 1 is 1.54 bits per heavy atom. The number of nitrogens with one attached hydrogen (secondary N) is 1. The summed E-state index contributed by atoms with van der Waals surface area (Å²) in [7, 11) is 1.55. The molecule has 3 N–H and O–H groups in total. The van der Waals surface area contributed by atoms with Crippen molar-refractivity contribution in [2.24, 2.45) is 5.73 Å². The maximum Gasteiger partial charge on any atom is 0.129 e.